The molecule has 0 spiro atoms. The van der Waals surface area contributed by atoms with Gasteiger partial charge in [0.1, 0.15) is 5.75 Å². The highest BCUT2D eigenvalue weighted by molar-refractivity contribution is 6.35. The molecule has 0 radical (unpaired) electrons. The summed E-state index contributed by atoms with van der Waals surface area (Å²) in [5.74, 6) is 0.608. The molecule has 0 saturated heterocycles. The molecule has 0 saturated carbocycles. The fourth-order valence-corrected chi connectivity index (χ4v) is 0.978. The highest BCUT2D eigenvalue weighted by Crippen LogP contribution is 2.09. The molecule has 6 nitrogen and oxygen atoms in total. The molecule has 1 aromatic carbocycles. The van der Waals surface area contributed by atoms with Crippen LogP contribution in [0.4, 0.5) is 0 Å². The summed E-state index contributed by atoms with van der Waals surface area (Å²) in [4.78, 5) is 0. The van der Waals surface area contributed by atoms with Crippen LogP contribution in [0.2, 0.25) is 0 Å². The minimum absolute atomic E-state index is 0.518. The number of hydrogen-bond acceptors (Lipinski definition) is 6. The first-order valence-electron chi connectivity index (χ1n) is 5.61. The fraction of sp³-hybridized carbons (Fsp3) is 0.400. The van der Waals surface area contributed by atoms with Crippen molar-refractivity contribution in [2.24, 2.45) is 0 Å². The molecule has 0 heterocycles. The van der Waals surface area contributed by atoms with E-state index < -0.39 is 14.6 Å². The number of unbranched alkanes of at least 4 members (excludes halogenated alkanes) is 1. The summed E-state index contributed by atoms with van der Waals surface area (Å²) < 4.78 is 10.1. The van der Waals surface area contributed by atoms with Gasteiger partial charge in [-0.15, -0.1) is 0 Å². The van der Waals surface area contributed by atoms with Gasteiger partial charge >= 0.3 is 14.6 Å². The van der Waals surface area contributed by atoms with Gasteiger partial charge in [-0.05, 0) is 18.6 Å². The largest absolute Gasteiger partial charge is 0.710 e. The third kappa shape index (κ3) is 11.4. The number of hydrogen-bond donors (Lipinski definition) is 4. The topological polar surface area (TPSA) is 99.4 Å². The fourth-order valence-electron chi connectivity index (χ4n) is 0.978. The Kier molecular flexibility index (Phi) is 10.4. The van der Waals surface area contributed by atoms with E-state index in [2.05, 4.69) is 6.92 Å². The maximum atomic E-state index is 9.28. The van der Waals surface area contributed by atoms with E-state index in [0.717, 1.165) is 12.8 Å². The van der Waals surface area contributed by atoms with Crippen molar-refractivity contribution in [3.63, 3.8) is 0 Å². The maximum Gasteiger partial charge on any atom is 0.710 e. The van der Waals surface area contributed by atoms with Gasteiger partial charge in [-0.1, -0.05) is 31.5 Å². The summed E-state index contributed by atoms with van der Waals surface area (Å²) in [7, 11) is -3.33. The van der Waals surface area contributed by atoms with Crippen LogP contribution < -0.4 is 4.65 Å². The highest BCUT2D eigenvalue weighted by Gasteiger charge is 2.17. The van der Waals surface area contributed by atoms with E-state index in [1.165, 1.54) is 0 Å². The second-order valence-corrected chi connectivity index (χ2v) is 3.31. The molecule has 8 heteroatoms. The smallest absolute Gasteiger partial charge is 0.512 e. The van der Waals surface area contributed by atoms with Crippen LogP contribution in [0.3, 0.4) is 0 Å². The van der Waals surface area contributed by atoms with Crippen LogP contribution in [-0.2, 0) is 4.65 Å². The van der Waals surface area contributed by atoms with Crippen molar-refractivity contribution in [2.45, 2.75) is 19.8 Å². The zero-order valence-corrected chi connectivity index (χ0v) is 10.3. The lowest BCUT2D eigenvalue weighted by molar-refractivity contribution is 0.190. The first-order chi connectivity index (χ1) is 8.56. The Labute approximate surface area is 107 Å². The molecular formula is C10H18B2O6. The van der Waals surface area contributed by atoms with E-state index in [0.29, 0.717) is 12.4 Å². The zero-order valence-electron chi connectivity index (χ0n) is 10.3. The minimum atomic E-state index is -2.17. The van der Waals surface area contributed by atoms with Crippen molar-refractivity contribution in [1.82, 2.24) is 0 Å². The molecule has 0 amide bonds. The molecule has 0 aliphatic heterocycles. The second-order valence-electron chi connectivity index (χ2n) is 3.31. The summed E-state index contributed by atoms with van der Waals surface area (Å²) in [6.45, 7) is 2.58. The summed E-state index contributed by atoms with van der Waals surface area (Å²) in [6.07, 6.45) is 1.97. The van der Waals surface area contributed by atoms with Gasteiger partial charge in [0.15, 0.2) is 0 Å². The van der Waals surface area contributed by atoms with Gasteiger partial charge < -0.3 is 29.4 Å². The van der Waals surface area contributed by atoms with E-state index in [4.69, 9.17) is 24.4 Å². The van der Waals surface area contributed by atoms with Crippen LogP contribution >= 0.6 is 0 Å². The lowest BCUT2D eigenvalue weighted by Crippen LogP contribution is -2.26. The van der Waals surface area contributed by atoms with Gasteiger partial charge in [-0.3, -0.25) is 0 Å². The van der Waals surface area contributed by atoms with Crippen LogP contribution in [0.15, 0.2) is 30.3 Å². The first kappa shape index (κ1) is 16.9. The van der Waals surface area contributed by atoms with Gasteiger partial charge in [0.2, 0.25) is 0 Å². The Hall–Kier alpha value is -1.05. The van der Waals surface area contributed by atoms with E-state index >= 15 is 0 Å². The molecule has 100 valence electrons. The average Bonchev–Trinajstić information content (AvgIpc) is 2.30. The third-order valence-corrected chi connectivity index (χ3v) is 1.74. The van der Waals surface area contributed by atoms with Crippen LogP contribution in [0.5, 0.6) is 5.75 Å². The Morgan fingerprint density at radius 1 is 1.06 bits per heavy atom. The van der Waals surface area contributed by atoms with Gasteiger partial charge in [0.25, 0.3) is 0 Å². The summed E-state index contributed by atoms with van der Waals surface area (Å²) in [6, 6.07) is 9.11. The standard InChI is InChI=1S/C10H15BO3.BH3O3/c1-2-3-9-13-11(12)14-10-7-5-4-6-8-10;2-1(3)4/h4-8,12H,2-3,9H2,1H3;2-4H. The van der Waals surface area contributed by atoms with Crippen LogP contribution in [0, 0.1) is 0 Å². The van der Waals surface area contributed by atoms with Crippen LogP contribution in [0.25, 0.3) is 0 Å². The predicted molar refractivity (Wildman–Crippen MR) is 68.3 cm³/mol. The number of rotatable bonds is 6. The van der Waals surface area contributed by atoms with Gasteiger partial charge in [-0.2, -0.15) is 0 Å². The van der Waals surface area contributed by atoms with Crippen molar-refractivity contribution >= 4 is 14.6 Å². The summed E-state index contributed by atoms with van der Waals surface area (Å²) in [5.41, 5.74) is 0. The lowest BCUT2D eigenvalue weighted by Gasteiger charge is -2.08. The summed E-state index contributed by atoms with van der Waals surface area (Å²) >= 11 is 0. The Bertz CT molecular complexity index is 282. The Morgan fingerprint density at radius 3 is 2.11 bits per heavy atom. The van der Waals surface area contributed by atoms with Crippen LogP contribution in [-0.4, -0.2) is 41.3 Å². The van der Waals surface area contributed by atoms with Crippen molar-refractivity contribution in [3.8, 4) is 5.75 Å². The normalized spacial score (nSPS) is 9.17. The van der Waals surface area contributed by atoms with E-state index in [-0.39, 0.29) is 0 Å². The molecule has 0 aromatic heterocycles. The lowest BCUT2D eigenvalue weighted by atomic mass is 10.2. The van der Waals surface area contributed by atoms with Crippen molar-refractivity contribution in [3.05, 3.63) is 30.3 Å². The quantitative estimate of drug-likeness (QED) is 0.415. The molecular weight excluding hydrogens is 238 g/mol. The van der Waals surface area contributed by atoms with E-state index in [9.17, 15) is 5.02 Å². The van der Waals surface area contributed by atoms with E-state index in [1.54, 1.807) is 12.1 Å². The minimum Gasteiger partial charge on any atom is -0.512 e. The van der Waals surface area contributed by atoms with Crippen molar-refractivity contribution in [1.29, 1.82) is 0 Å². The number of benzene rings is 1. The molecule has 1 rings (SSSR count). The predicted octanol–water partition coefficient (Wildman–Crippen LogP) is -0.193. The van der Waals surface area contributed by atoms with Crippen molar-refractivity contribution in [2.75, 3.05) is 6.61 Å². The van der Waals surface area contributed by atoms with Crippen LogP contribution in [0.1, 0.15) is 19.8 Å². The van der Waals surface area contributed by atoms with Gasteiger partial charge in [0.05, 0.1) is 0 Å². The molecule has 4 N–H and O–H groups in total. The van der Waals surface area contributed by atoms with E-state index in [1.807, 2.05) is 18.2 Å². The second kappa shape index (κ2) is 11.1. The third-order valence-electron chi connectivity index (χ3n) is 1.74. The SMILES string of the molecule is CCCCOB(O)Oc1ccccc1.OB(O)O. The average molecular weight is 256 g/mol. The summed E-state index contributed by atoms with van der Waals surface area (Å²) in [5, 5.41) is 30.8. The molecule has 1 aromatic rings. The maximum absolute atomic E-state index is 9.28. The van der Waals surface area contributed by atoms with Gasteiger partial charge in [0, 0.05) is 6.61 Å². The van der Waals surface area contributed by atoms with Crippen molar-refractivity contribution < 1.29 is 29.4 Å². The Balaban J connectivity index is 0.000000631. The zero-order chi connectivity index (χ0) is 13.8. The highest BCUT2D eigenvalue weighted by atomic mass is 16.7. The van der Waals surface area contributed by atoms with Gasteiger partial charge in [-0.25, -0.2) is 0 Å². The first-order valence-corrected chi connectivity index (χ1v) is 5.61. The molecule has 0 unspecified atom stereocenters. The molecule has 18 heavy (non-hydrogen) atoms. The monoisotopic (exact) mass is 256 g/mol. The molecule has 0 bridgehead atoms. The molecule has 0 atom stereocenters. The molecule has 0 aliphatic carbocycles. The molecule has 0 fully saturated rings. The molecule has 0 aliphatic rings. The Morgan fingerprint density at radius 2 is 1.61 bits per heavy atom. The number of para-hydroxylation sites is 1.